The molecule has 0 saturated heterocycles. The Labute approximate surface area is 202 Å². The lowest BCUT2D eigenvalue weighted by Crippen LogP contribution is -2.31. The molecule has 33 heavy (non-hydrogen) atoms. The number of halogens is 1. The Balaban J connectivity index is 1.78. The number of hydrogen-bond donors (Lipinski definition) is 2. The highest BCUT2D eigenvalue weighted by Crippen LogP contribution is 2.34. The van der Waals surface area contributed by atoms with E-state index in [4.69, 9.17) is 26.1 Å². The van der Waals surface area contributed by atoms with Gasteiger partial charge in [0.25, 0.3) is 0 Å². The van der Waals surface area contributed by atoms with Gasteiger partial charge in [-0.05, 0) is 50.6 Å². The lowest BCUT2D eigenvalue weighted by molar-refractivity contribution is -0.139. The van der Waals surface area contributed by atoms with Gasteiger partial charge in [-0.1, -0.05) is 47.6 Å². The van der Waals surface area contributed by atoms with Crippen molar-refractivity contribution < 1.29 is 19.1 Å². The number of benzene rings is 2. The van der Waals surface area contributed by atoms with Gasteiger partial charge in [0, 0.05) is 5.70 Å². The number of anilines is 1. The highest BCUT2D eigenvalue weighted by atomic mass is 35.5. The van der Waals surface area contributed by atoms with Gasteiger partial charge < -0.3 is 20.1 Å². The van der Waals surface area contributed by atoms with E-state index in [1.807, 2.05) is 31.2 Å². The molecule has 2 aromatic rings. The van der Waals surface area contributed by atoms with Gasteiger partial charge in [0.15, 0.2) is 5.17 Å². The van der Waals surface area contributed by atoms with Crippen LogP contribution in [0.2, 0.25) is 5.02 Å². The average Bonchev–Trinajstić information content (AvgIpc) is 2.79. The van der Waals surface area contributed by atoms with Crippen LogP contribution in [0.3, 0.4) is 0 Å². The van der Waals surface area contributed by atoms with Gasteiger partial charge in [0.1, 0.15) is 11.8 Å². The number of aliphatic imine (C=N–C) groups is 1. The van der Waals surface area contributed by atoms with E-state index in [-0.39, 0.29) is 18.3 Å². The number of esters is 1. The first kappa shape index (κ1) is 24.7. The maximum absolute atomic E-state index is 12.7. The summed E-state index contributed by atoms with van der Waals surface area (Å²) in [6, 6.07) is 13.9. The molecule has 9 heteroatoms. The van der Waals surface area contributed by atoms with Crippen LogP contribution in [0, 0.1) is 0 Å². The SMILES string of the molecule is CCOC(=O)C1=C(C)NC(SCC(=O)Nc2ccccc2Cl)=N[C@@H]1c1ccc(OCC)cc1. The molecule has 0 fully saturated rings. The van der Waals surface area contributed by atoms with Gasteiger partial charge in [-0.15, -0.1) is 0 Å². The molecule has 1 amide bonds. The topological polar surface area (TPSA) is 89.0 Å². The van der Waals surface area contributed by atoms with Crippen molar-refractivity contribution in [1.82, 2.24) is 5.32 Å². The fourth-order valence-corrected chi connectivity index (χ4v) is 4.16. The fraction of sp³-hybridized carbons (Fsp3) is 0.292. The van der Waals surface area contributed by atoms with Gasteiger partial charge in [0.05, 0.1) is 35.2 Å². The molecule has 3 rings (SSSR count). The molecule has 174 valence electrons. The van der Waals surface area contributed by atoms with Crippen LogP contribution in [0.4, 0.5) is 5.69 Å². The number of para-hydroxylation sites is 1. The molecule has 2 aromatic carbocycles. The molecule has 0 aliphatic carbocycles. The van der Waals surface area contributed by atoms with E-state index in [1.54, 1.807) is 38.1 Å². The predicted octanol–water partition coefficient (Wildman–Crippen LogP) is 4.95. The predicted molar refractivity (Wildman–Crippen MR) is 133 cm³/mol. The highest BCUT2D eigenvalue weighted by molar-refractivity contribution is 8.14. The Morgan fingerprint density at radius 3 is 2.52 bits per heavy atom. The fourth-order valence-electron chi connectivity index (χ4n) is 3.23. The van der Waals surface area contributed by atoms with Crippen LogP contribution < -0.4 is 15.4 Å². The number of nitrogens with one attached hydrogen (secondary N) is 2. The average molecular weight is 488 g/mol. The van der Waals surface area contributed by atoms with Gasteiger partial charge in [-0.2, -0.15) is 0 Å². The summed E-state index contributed by atoms with van der Waals surface area (Å²) in [6.07, 6.45) is 0. The third-order valence-electron chi connectivity index (χ3n) is 4.71. The molecule has 0 saturated carbocycles. The molecular weight excluding hydrogens is 462 g/mol. The Morgan fingerprint density at radius 2 is 1.85 bits per heavy atom. The maximum Gasteiger partial charge on any atom is 0.338 e. The van der Waals surface area contributed by atoms with Crippen LogP contribution in [0.15, 0.2) is 64.8 Å². The quantitative estimate of drug-likeness (QED) is 0.512. The van der Waals surface area contributed by atoms with Crippen molar-refractivity contribution in [3.05, 3.63) is 70.4 Å². The minimum absolute atomic E-state index is 0.120. The van der Waals surface area contributed by atoms with Crippen molar-refractivity contribution in [3.8, 4) is 5.75 Å². The van der Waals surface area contributed by atoms with E-state index < -0.39 is 12.0 Å². The third-order valence-corrected chi connectivity index (χ3v) is 5.93. The number of carbonyl (C=O) groups excluding carboxylic acids is 2. The molecule has 0 spiro atoms. The summed E-state index contributed by atoms with van der Waals surface area (Å²) in [7, 11) is 0. The minimum atomic E-state index is -0.560. The number of nitrogens with zero attached hydrogens (tertiary/aromatic N) is 1. The number of thioether (sulfide) groups is 1. The van der Waals surface area contributed by atoms with Crippen molar-refractivity contribution >= 4 is 46.1 Å². The van der Waals surface area contributed by atoms with E-state index in [2.05, 4.69) is 10.6 Å². The molecule has 7 nitrogen and oxygen atoms in total. The standard InChI is InChI=1S/C24H26ClN3O4S/c1-4-31-17-12-10-16(11-13-17)22-21(23(30)32-5-2)15(3)26-24(28-22)33-14-20(29)27-19-9-7-6-8-18(19)25/h6-13,22H,4-5,14H2,1-3H3,(H,26,28)(H,27,29)/t22-/m1/s1. The Bertz CT molecular complexity index is 1070. The van der Waals surface area contributed by atoms with Gasteiger partial charge in [-0.25, -0.2) is 9.79 Å². The molecular formula is C24H26ClN3O4S. The number of amides is 1. The molecule has 0 bridgehead atoms. The van der Waals surface area contributed by atoms with E-state index in [0.29, 0.717) is 33.8 Å². The zero-order valence-corrected chi connectivity index (χ0v) is 20.3. The number of rotatable bonds is 8. The molecule has 1 atom stereocenters. The van der Waals surface area contributed by atoms with Crippen LogP contribution in [0.5, 0.6) is 5.75 Å². The van der Waals surface area contributed by atoms with Gasteiger partial charge in [-0.3, -0.25) is 4.79 Å². The summed E-state index contributed by atoms with van der Waals surface area (Å²) in [5.74, 6) is 0.219. The summed E-state index contributed by atoms with van der Waals surface area (Å²) < 4.78 is 10.8. The second-order valence-corrected chi connectivity index (χ2v) is 8.41. The van der Waals surface area contributed by atoms with Gasteiger partial charge in [0.2, 0.25) is 5.91 Å². The van der Waals surface area contributed by atoms with E-state index in [0.717, 1.165) is 11.3 Å². The lowest BCUT2D eigenvalue weighted by Gasteiger charge is -2.26. The number of ether oxygens (including phenoxy) is 2. The molecule has 1 aliphatic heterocycles. The second kappa shape index (κ2) is 11.8. The van der Waals surface area contributed by atoms with Crippen molar-refractivity contribution in [2.24, 2.45) is 4.99 Å². The molecule has 1 aliphatic rings. The smallest absolute Gasteiger partial charge is 0.338 e. The zero-order chi connectivity index (χ0) is 23.8. The second-order valence-electron chi connectivity index (χ2n) is 7.04. The summed E-state index contributed by atoms with van der Waals surface area (Å²) in [5, 5.41) is 6.93. The third kappa shape index (κ3) is 6.52. The summed E-state index contributed by atoms with van der Waals surface area (Å²) >= 11 is 7.35. The lowest BCUT2D eigenvalue weighted by atomic mass is 9.96. The molecule has 0 unspecified atom stereocenters. The van der Waals surface area contributed by atoms with E-state index in [9.17, 15) is 9.59 Å². The number of amidine groups is 1. The number of allylic oxidation sites excluding steroid dienone is 1. The first-order valence-corrected chi connectivity index (χ1v) is 11.9. The van der Waals surface area contributed by atoms with Crippen molar-refractivity contribution in [2.45, 2.75) is 26.8 Å². The summed E-state index contributed by atoms with van der Waals surface area (Å²) in [4.78, 5) is 29.8. The van der Waals surface area contributed by atoms with Crippen LogP contribution in [0.1, 0.15) is 32.4 Å². The first-order valence-electron chi connectivity index (χ1n) is 10.6. The monoisotopic (exact) mass is 487 g/mol. The largest absolute Gasteiger partial charge is 0.494 e. The normalized spacial score (nSPS) is 15.4. The molecule has 0 radical (unpaired) electrons. The van der Waals surface area contributed by atoms with Crippen molar-refractivity contribution in [1.29, 1.82) is 0 Å². The molecule has 2 N–H and O–H groups in total. The van der Waals surface area contributed by atoms with E-state index in [1.165, 1.54) is 11.8 Å². The van der Waals surface area contributed by atoms with Crippen LogP contribution >= 0.6 is 23.4 Å². The Kier molecular flexibility index (Phi) is 8.79. The van der Waals surface area contributed by atoms with Crippen LogP contribution in [-0.2, 0) is 14.3 Å². The number of hydrogen-bond acceptors (Lipinski definition) is 7. The Morgan fingerprint density at radius 1 is 1.12 bits per heavy atom. The van der Waals surface area contributed by atoms with Gasteiger partial charge >= 0.3 is 5.97 Å². The summed E-state index contributed by atoms with van der Waals surface area (Å²) in [5.41, 5.74) is 2.44. The van der Waals surface area contributed by atoms with Crippen LogP contribution in [0.25, 0.3) is 0 Å². The van der Waals surface area contributed by atoms with Crippen molar-refractivity contribution in [3.63, 3.8) is 0 Å². The van der Waals surface area contributed by atoms with Crippen LogP contribution in [-0.4, -0.2) is 36.0 Å². The highest BCUT2D eigenvalue weighted by Gasteiger charge is 2.30. The molecule has 0 aromatic heterocycles. The minimum Gasteiger partial charge on any atom is -0.494 e. The Hall–Kier alpha value is -2.97. The molecule has 1 heterocycles. The van der Waals surface area contributed by atoms with E-state index >= 15 is 0 Å². The summed E-state index contributed by atoms with van der Waals surface area (Å²) in [6.45, 7) is 6.31. The maximum atomic E-state index is 12.7. The number of carbonyl (C=O) groups is 2. The first-order chi connectivity index (χ1) is 15.9. The zero-order valence-electron chi connectivity index (χ0n) is 18.7. The van der Waals surface area contributed by atoms with Crippen molar-refractivity contribution in [2.75, 3.05) is 24.3 Å².